The number of hydrogen-bond acceptors (Lipinski definition) is 5. The minimum absolute atomic E-state index is 0.0688. The molecule has 0 aliphatic carbocycles. The molecule has 0 saturated carbocycles. The Hall–Kier alpha value is -2.78. The predicted octanol–water partition coefficient (Wildman–Crippen LogP) is 4.06. The lowest BCUT2D eigenvalue weighted by molar-refractivity contribution is -0.275. The van der Waals surface area contributed by atoms with Gasteiger partial charge >= 0.3 is 6.36 Å². The average molecular weight is 478 g/mol. The van der Waals surface area contributed by atoms with Crippen molar-refractivity contribution in [3.05, 3.63) is 58.7 Å². The van der Waals surface area contributed by atoms with E-state index in [2.05, 4.69) is 34.9 Å². The lowest BCUT2D eigenvalue weighted by Gasteiger charge is -2.36. The summed E-state index contributed by atoms with van der Waals surface area (Å²) in [6, 6.07) is 9.96. The molecule has 2 aromatic rings. The predicted molar refractivity (Wildman–Crippen MR) is 122 cm³/mol. The van der Waals surface area contributed by atoms with Crippen molar-refractivity contribution >= 4 is 5.91 Å². The molecule has 0 bridgehead atoms. The smallest absolute Gasteiger partial charge is 0.504 e. The number of nitrogens with one attached hydrogen (secondary N) is 1. The molecule has 9 heteroatoms. The normalized spacial score (nSPS) is 17.0. The lowest BCUT2D eigenvalue weighted by Crippen LogP contribution is -2.46. The summed E-state index contributed by atoms with van der Waals surface area (Å²) in [6.07, 6.45) is -3.67. The third kappa shape index (κ3) is 5.47. The summed E-state index contributed by atoms with van der Waals surface area (Å²) < 4.78 is 41.7. The molecule has 2 aliphatic rings. The molecule has 184 valence electrons. The van der Waals surface area contributed by atoms with Crippen LogP contribution in [0.15, 0.2) is 36.4 Å². The molecule has 34 heavy (non-hydrogen) atoms. The maximum absolute atomic E-state index is 13.2. The third-order valence-corrected chi connectivity index (χ3v) is 6.75. The summed E-state index contributed by atoms with van der Waals surface area (Å²) >= 11 is 0. The van der Waals surface area contributed by atoms with Crippen LogP contribution in [0.5, 0.6) is 11.5 Å². The molecular formula is C25H30F3N3O3. The number of rotatable bonds is 6. The fourth-order valence-electron chi connectivity index (χ4n) is 4.62. The van der Waals surface area contributed by atoms with E-state index < -0.39 is 17.9 Å². The molecule has 2 aliphatic heterocycles. The van der Waals surface area contributed by atoms with E-state index in [1.165, 1.54) is 12.1 Å². The van der Waals surface area contributed by atoms with Gasteiger partial charge in [-0.1, -0.05) is 18.2 Å². The van der Waals surface area contributed by atoms with E-state index in [0.717, 1.165) is 29.8 Å². The molecule has 2 N–H and O–H groups in total. The van der Waals surface area contributed by atoms with Gasteiger partial charge in [0.1, 0.15) is 0 Å². The van der Waals surface area contributed by atoms with Crippen molar-refractivity contribution in [2.45, 2.75) is 51.7 Å². The molecule has 2 aromatic carbocycles. The second kappa shape index (κ2) is 9.46. The van der Waals surface area contributed by atoms with Crippen molar-refractivity contribution in [3.8, 4) is 11.5 Å². The maximum Gasteiger partial charge on any atom is 0.573 e. The number of carbonyl (C=O) groups is 1. The fourth-order valence-corrected chi connectivity index (χ4v) is 4.62. The lowest BCUT2D eigenvalue weighted by atomic mass is 9.93. The fraction of sp³-hybridized carbons (Fsp3) is 0.480. The second-order valence-electron chi connectivity index (χ2n) is 9.50. The Balaban J connectivity index is 1.44. The molecule has 1 amide bonds. The Bertz CT molecular complexity index is 1050. The highest BCUT2D eigenvalue weighted by Gasteiger charge is 2.35. The third-order valence-electron chi connectivity index (χ3n) is 6.75. The van der Waals surface area contributed by atoms with Gasteiger partial charge in [0.05, 0.1) is 0 Å². The van der Waals surface area contributed by atoms with Crippen molar-refractivity contribution in [1.82, 2.24) is 15.1 Å². The molecule has 6 nitrogen and oxygen atoms in total. The monoisotopic (exact) mass is 477 g/mol. The van der Waals surface area contributed by atoms with E-state index in [0.29, 0.717) is 44.6 Å². The zero-order chi connectivity index (χ0) is 24.5. The summed E-state index contributed by atoms with van der Waals surface area (Å²) in [6.45, 7) is 8.56. The average Bonchev–Trinajstić information content (AvgIpc) is 3.24. The number of phenols is 1. The summed E-state index contributed by atoms with van der Waals surface area (Å²) in [5.41, 5.74) is 3.34. The van der Waals surface area contributed by atoms with Crippen molar-refractivity contribution in [2.24, 2.45) is 0 Å². The van der Waals surface area contributed by atoms with Crippen LogP contribution in [0, 0.1) is 0 Å². The number of benzene rings is 2. The number of amides is 1. The van der Waals surface area contributed by atoms with E-state index in [1.54, 1.807) is 6.07 Å². The summed E-state index contributed by atoms with van der Waals surface area (Å²) in [5.74, 6) is -1.07. The van der Waals surface area contributed by atoms with Crippen molar-refractivity contribution in [1.29, 1.82) is 0 Å². The number of aryl methyl sites for hydroxylation is 1. The van der Waals surface area contributed by atoms with Gasteiger partial charge in [-0.15, -0.1) is 13.2 Å². The highest BCUT2D eigenvalue weighted by molar-refractivity contribution is 5.96. The van der Waals surface area contributed by atoms with Crippen LogP contribution in [0.1, 0.15) is 47.3 Å². The van der Waals surface area contributed by atoms with Crippen LogP contribution >= 0.6 is 0 Å². The molecule has 4 rings (SSSR count). The Kier molecular flexibility index (Phi) is 6.78. The first-order chi connectivity index (χ1) is 16.0. The number of fused-ring (bicyclic) bond motifs is 1. The first kappa shape index (κ1) is 24.3. The van der Waals surface area contributed by atoms with Gasteiger partial charge in [0.2, 0.25) is 0 Å². The highest BCUT2D eigenvalue weighted by atomic mass is 19.4. The van der Waals surface area contributed by atoms with Gasteiger partial charge in [-0.05, 0) is 61.6 Å². The van der Waals surface area contributed by atoms with Gasteiger partial charge in [0, 0.05) is 50.4 Å². The molecule has 0 aromatic heterocycles. The Morgan fingerprint density at radius 3 is 2.56 bits per heavy atom. The summed E-state index contributed by atoms with van der Waals surface area (Å²) in [5, 5.41) is 13.0. The number of hydrogen-bond donors (Lipinski definition) is 2. The highest BCUT2D eigenvalue weighted by Crippen LogP contribution is 2.36. The van der Waals surface area contributed by atoms with Gasteiger partial charge in [0.15, 0.2) is 11.5 Å². The SMILES string of the molecule is CC(C)(CCc1ccc(O)c(OC(F)(F)F)c1)N1Cc2cccc(C(=O)N3CCNCC3)c2C1. The number of ether oxygens (including phenoxy) is 1. The number of phenolic OH excluding ortho intramolecular Hbond substituents is 1. The molecule has 0 radical (unpaired) electrons. The van der Waals surface area contributed by atoms with Crippen LogP contribution < -0.4 is 10.1 Å². The number of piperazine rings is 1. The summed E-state index contributed by atoms with van der Waals surface area (Å²) in [7, 11) is 0. The van der Waals surface area contributed by atoms with E-state index in [1.807, 2.05) is 17.0 Å². The first-order valence-electron chi connectivity index (χ1n) is 11.5. The zero-order valence-corrected chi connectivity index (χ0v) is 19.4. The van der Waals surface area contributed by atoms with Gasteiger partial charge < -0.3 is 20.1 Å². The van der Waals surface area contributed by atoms with Crippen LogP contribution in [-0.4, -0.2) is 58.9 Å². The molecule has 1 saturated heterocycles. The number of carbonyl (C=O) groups excluding carboxylic acids is 1. The van der Waals surface area contributed by atoms with Crippen molar-refractivity contribution in [3.63, 3.8) is 0 Å². The van der Waals surface area contributed by atoms with Gasteiger partial charge in [0.25, 0.3) is 5.91 Å². The molecule has 0 spiro atoms. The van der Waals surface area contributed by atoms with E-state index in [-0.39, 0.29) is 11.4 Å². The van der Waals surface area contributed by atoms with Gasteiger partial charge in [-0.2, -0.15) is 0 Å². The van der Waals surface area contributed by atoms with Crippen LogP contribution in [0.2, 0.25) is 0 Å². The minimum atomic E-state index is -4.86. The van der Waals surface area contributed by atoms with Crippen molar-refractivity contribution in [2.75, 3.05) is 26.2 Å². The summed E-state index contributed by atoms with van der Waals surface area (Å²) in [4.78, 5) is 17.4. The Labute approximate surface area is 197 Å². The number of alkyl halides is 3. The number of aromatic hydroxyl groups is 1. The van der Waals surface area contributed by atoms with E-state index >= 15 is 0 Å². The largest absolute Gasteiger partial charge is 0.573 e. The van der Waals surface area contributed by atoms with E-state index in [4.69, 9.17) is 0 Å². The van der Waals surface area contributed by atoms with Gasteiger partial charge in [-0.3, -0.25) is 9.69 Å². The number of halogens is 3. The second-order valence-corrected chi connectivity index (χ2v) is 9.50. The zero-order valence-electron chi connectivity index (χ0n) is 19.4. The topological polar surface area (TPSA) is 65.0 Å². The molecule has 0 unspecified atom stereocenters. The number of nitrogens with zero attached hydrogens (tertiary/aromatic N) is 2. The minimum Gasteiger partial charge on any atom is -0.504 e. The quantitative estimate of drug-likeness (QED) is 0.657. The first-order valence-corrected chi connectivity index (χ1v) is 11.5. The molecule has 0 atom stereocenters. The van der Waals surface area contributed by atoms with Crippen LogP contribution in [0.4, 0.5) is 13.2 Å². The maximum atomic E-state index is 13.2. The Morgan fingerprint density at radius 2 is 1.85 bits per heavy atom. The molecule has 1 fully saturated rings. The van der Waals surface area contributed by atoms with Crippen LogP contribution in [0.3, 0.4) is 0 Å². The van der Waals surface area contributed by atoms with Crippen LogP contribution in [0.25, 0.3) is 0 Å². The van der Waals surface area contributed by atoms with Crippen LogP contribution in [-0.2, 0) is 19.5 Å². The van der Waals surface area contributed by atoms with Gasteiger partial charge in [-0.25, -0.2) is 0 Å². The van der Waals surface area contributed by atoms with E-state index in [9.17, 15) is 23.1 Å². The van der Waals surface area contributed by atoms with Crippen molar-refractivity contribution < 1.29 is 27.8 Å². The molecular weight excluding hydrogens is 447 g/mol. The standard InChI is InChI=1S/C25H30F3N3O3/c1-24(2,9-8-17-6-7-21(32)22(14-17)34-25(26,27)28)31-15-18-4-3-5-19(20(18)16-31)23(33)30-12-10-29-11-13-30/h3-7,14,29,32H,8-13,15-16H2,1-2H3. The molecule has 2 heterocycles. The Morgan fingerprint density at radius 1 is 1.12 bits per heavy atom.